The number of piperidine rings is 1. The Labute approximate surface area is 190 Å². The summed E-state index contributed by atoms with van der Waals surface area (Å²) in [6.45, 7) is 5.36. The number of aliphatic hydroxyl groups excluding tert-OH is 1. The topological polar surface area (TPSA) is 74.6 Å². The van der Waals surface area contributed by atoms with Crippen molar-refractivity contribution in [2.45, 2.75) is 89.4 Å². The van der Waals surface area contributed by atoms with Crippen molar-refractivity contribution in [1.82, 2.24) is 14.8 Å². The van der Waals surface area contributed by atoms with Gasteiger partial charge in [-0.15, -0.1) is 0 Å². The maximum Gasteiger partial charge on any atom is 0.264 e. The van der Waals surface area contributed by atoms with E-state index in [1.54, 1.807) is 10.6 Å². The zero-order valence-electron chi connectivity index (χ0n) is 19.4. The highest BCUT2D eigenvalue weighted by atomic mass is 16.3. The van der Waals surface area contributed by atoms with Gasteiger partial charge >= 0.3 is 0 Å². The molecule has 2 fully saturated rings. The van der Waals surface area contributed by atoms with Crippen LogP contribution in [0, 0.1) is 0 Å². The number of hydrogen-bond donors (Lipinski definition) is 2. The van der Waals surface area contributed by atoms with Gasteiger partial charge in [0, 0.05) is 30.8 Å². The van der Waals surface area contributed by atoms with E-state index in [1.165, 1.54) is 25.7 Å². The Morgan fingerprint density at radius 3 is 2.47 bits per heavy atom. The summed E-state index contributed by atoms with van der Waals surface area (Å²) in [7, 11) is 0. The predicted octanol–water partition coefficient (Wildman–Crippen LogP) is 3.86. The molecular weight excluding hydrogens is 402 g/mol. The minimum absolute atomic E-state index is 0.0170. The molecule has 2 N–H and O–H groups in total. The quantitative estimate of drug-likeness (QED) is 0.582. The smallest absolute Gasteiger partial charge is 0.264 e. The molecule has 2 saturated heterocycles. The van der Waals surface area contributed by atoms with Gasteiger partial charge in [0.1, 0.15) is 5.56 Å². The molecule has 2 aliphatic heterocycles. The number of benzene rings is 1. The number of amides is 1. The second kappa shape index (κ2) is 10.2. The van der Waals surface area contributed by atoms with Gasteiger partial charge in [-0.2, -0.15) is 0 Å². The lowest BCUT2D eigenvalue weighted by molar-refractivity contribution is 0.0839. The van der Waals surface area contributed by atoms with Gasteiger partial charge in [0.25, 0.3) is 11.5 Å². The summed E-state index contributed by atoms with van der Waals surface area (Å²) in [6, 6.07) is 10.7. The van der Waals surface area contributed by atoms with Crippen LogP contribution in [0.25, 0.3) is 10.9 Å². The van der Waals surface area contributed by atoms with Gasteiger partial charge < -0.3 is 15.0 Å². The van der Waals surface area contributed by atoms with Crippen LogP contribution >= 0.6 is 0 Å². The molecule has 2 bridgehead atoms. The van der Waals surface area contributed by atoms with Gasteiger partial charge in [0.2, 0.25) is 0 Å². The van der Waals surface area contributed by atoms with Crippen LogP contribution in [0.5, 0.6) is 0 Å². The number of fused-ring (bicyclic) bond motifs is 3. The number of carbonyl (C=O) groups is 1. The third kappa shape index (κ3) is 4.76. The predicted molar refractivity (Wildman–Crippen MR) is 128 cm³/mol. The number of unbranched alkanes of at least 4 members (excludes halogenated alkanes) is 3. The summed E-state index contributed by atoms with van der Waals surface area (Å²) in [5.74, 6) is -0.239. The van der Waals surface area contributed by atoms with E-state index in [9.17, 15) is 9.59 Å². The molecule has 0 saturated carbocycles. The molecule has 4 rings (SSSR count). The van der Waals surface area contributed by atoms with Gasteiger partial charge in [-0.25, -0.2) is 0 Å². The van der Waals surface area contributed by atoms with E-state index in [0.29, 0.717) is 12.1 Å². The normalized spacial score (nSPS) is 23.2. The number of aromatic nitrogens is 1. The molecule has 2 unspecified atom stereocenters. The molecule has 0 radical (unpaired) electrons. The summed E-state index contributed by atoms with van der Waals surface area (Å²) in [4.78, 5) is 29.0. The number of rotatable bonds is 9. The zero-order chi connectivity index (χ0) is 22.7. The molecule has 0 aliphatic carbocycles. The third-order valence-electron chi connectivity index (χ3n) is 7.25. The van der Waals surface area contributed by atoms with Crippen LogP contribution in [0.1, 0.15) is 81.6 Å². The number of para-hydroxylation sites is 1. The molecule has 1 amide bonds. The van der Waals surface area contributed by atoms with Crippen molar-refractivity contribution in [3.05, 3.63) is 46.2 Å². The fourth-order valence-electron chi connectivity index (χ4n) is 5.74. The van der Waals surface area contributed by atoms with Crippen molar-refractivity contribution in [2.75, 3.05) is 13.2 Å². The monoisotopic (exact) mass is 439 g/mol. The van der Waals surface area contributed by atoms with Crippen molar-refractivity contribution in [3.63, 3.8) is 0 Å². The molecular formula is C26H37N3O3. The fraction of sp³-hybridized carbons (Fsp3) is 0.615. The number of nitrogens with one attached hydrogen (secondary N) is 1. The Morgan fingerprint density at radius 1 is 1.09 bits per heavy atom. The Bertz CT molecular complexity index is 985. The minimum atomic E-state index is -0.239. The third-order valence-corrected chi connectivity index (χ3v) is 7.25. The summed E-state index contributed by atoms with van der Waals surface area (Å²) in [6.07, 6.45) is 8.66. The molecule has 3 heterocycles. The maximum absolute atomic E-state index is 13.2. The van der Waals surface area contributed by atoms with Crippen LogP contribution < -0.4 is 10.9 Å². The van der Waals surface area contributed by atoms with Crippen molar-refractivity contribution < 1.29 is 9.90 Å². The van der Waals surface area contributed by atoms with Gasteiger partial charge in [0.05, 0.1) is 5.52 Å². The first-order chi connectivity index (χ1) is 15.5. The average Bonchev–Trinajstić information content (AvgIpc) is 3.00. The van der Waals surface area contributed by atoms with E-state index >= 15 is 0 Å². The van der Waals surface area contributed by atoms with Crippen molar-refractivity contribution >= 4 is 16.8 Å². The van der Waals surface area contributed by atoms with Crippen LogP contribution in [-0.2, 0) is 0 Å². The Hall–Kier alpha value is -2.18. The van der Waals surface area contributed by atoms with E-state index in [0.717, 1.165) is 43.1 Å². The minimum Gasteiger partial charge on any atom is -0.396 e. The zero-order valence-corrected chi connectivity index (χ0v) is 19.4. The molecule has 2 aliphatic rings. The van der Waals surface area contributed by atoms with Crippen molar-refractivity contribution in [2.24, 2.45) is 0 Å². The van der Waals surface area contributed by atoms with Gasteiger partial charge in [-0.1, -0.05) is 31.0 Å². The standard InChI is InChI=1S/C26H37N3O3/c1-18(2)29-24-10-6-5-9-19(24)15-23(26(29)32)25(31)27-20-16-21-11-12-22(17-20)28(21)13-7-3-4-8-14-30/h5-6,9-10,15,18,20-22,30H,3-4,7-8,11-14,16-17H2,1-2H3,(H,27,31). The van der Waals surface area contributed by atoms with Crippen molar-refractivity contribution in [1.29, 1.82) is 0 Å². The van der Waals surface area contributed by atoms with E-state index < -0.39 is 0 Å². The van der Waals surface area contributed by atoms with Crippen LogP contribution in [0.4, 0.5) is 0 Å². The molecule has 6 heteroatoms. The number of aliphatic hydroxyl groups is 1. The van der Waals surface area contributed by atoms with E-state index in [1.807, 2.05) is 38.1 Å². The molecule has 1 aromatic heterocycles. The van der Waals surface area contributed by atoms with Crippen LogP contribution in [0.3, 0.4) is 0 Å². The summed E-state index contributed by atoms with van der Waals surface area (Å²) < 4.78 is 1.73. The number of carbonyl (C=O) groups excluding carboxylic acids is 1. The number of nitrogens with zero attached hydrogens (tertiary/aromatic N) is 2. The second-order valence-corrected chi connectivity index (χ2v) is 9.79. The molecule has 174 valence electrons. The van der Waals surface area contributed by atoms with E-state index in [2.05, 4.69) is 10.2 Å². The van der Waals surface area contributed by atoms with Crippen LogP contribution in [-0.4, -0.2) is 51.8 Å². The highest BCUT2D eigenvalue weighted by molar-refractivity contribution is 5.97. The summed E-state index contributed by atoms with van der Waals surface area (Å²) in [5, 5.41) is 13.1. The maximum atomic E-state index is 13.2. The number of hydrogen-bond acceptors (Lipinski definition) is 4. The molecule has 2 aromatic rings. The van der Waals surface area contributed by atoms with Gasteiger partial charge in [-0.05, 0) is 76.4 Å². The number of pyridine rings is 1. The molecule has 32 heavy (non-hydrogen) atoms. The molecule has 2 atom stereocenters. The highest BCUT2D eigenvalue weighted by Gasteiger charge is 2.40. The fourth-order valence-corrected chi connectivity index (χ4v) is 5.74. The lowest BCUT2D eigenvalue weighted by atomic mass is 9.96. The summed E-state index contributed by atoms with van der Waals surface area (Å²) in [5.41, 5.74) is 0.907. The SMILES string of the molecule is CC(C)n1c(=O)c(C(=O)NC2CC3CCC(C2)N3CCCCCCO)cc2ccccc21. The van der Waals surface area contributed by atoms with Crippen LogP contribution in [0.2, 0.25) is 0 Å². The molecule has 1 aromatic carbocycles. The van der Waals surface area contributed by atoms with E-state index in [-0.39, 0.29) is 35.7 Å². The second-order valence-electron chi connectivity index (χ2n) is 9.79. The molecule has 0 spiro atoms. The highest BCUT2D eigenvalue weighted by Crippen LogP contribution is 2.36. The summed E-state index contributed by atoms with van der Waals surface area (Å²) >= 11 is 0. The Kier molecular flexibility index (Phi) is 7.31. The first kappa shape index (κ1) is 23.0. The van der Waals surface area contributed by atoms with Crippen molar-refractivity contribution in [3.8, 4) is 0 Å². The lowest BCUT2D eigenvalue weighted by Crippen LogP contribution is -2.51. The van der Waals surface area contributed by atoms with E-state index in [4.69, 9.17) is 5.11 Å². The molecule has 6 nitrogen and oxygen atoms in total. The Balaban J connectivity index is 1.43. The van der Waals surface area contributed by atoms with Gasteiger partial charge in [-0.3, -0.25) is 14.5 Å². The lowest BCUT2D eigenvalue weighted by Gasteiger charge is -2.39. The first-order valence-corrected chi connectivity index (χ1v) is 12.3. The average molecular weight is 440 g/mol. The first-order valence-electron chi connectivity index (χ1n) is 12.3. The van der Waals surface area contributed by atoms with Gasteiger partial charge in [0.15, 0.2) is 0 Å². The Morgan fingerprint density at radius 2 is 1.78 bits per heavy atom. The van der Waals surface area contributed by atoms with Crippen LogP contribution in [0.15, 0.2) is 35.1 Å². The largest absolute Gasteiger partial charge is 0.396 e.